The summed E-state index contributed by atoms with van der Waals surface area (Å²) in [7, 11) is 2.20. The standard InChI is InChI=1S/C14H23N3/c1-12(14-7-3-4-9-16-14)17(2)11-13-6-5-8-15-10-13/h3-4,7,9,12-13,15H,5-6,8,10-11H2,1-2H3/t12-,13+/m0/s1. The van der Waals surface area contributed by atoms with E-state index < -0.39 is 0 Å². The second-order valence-corrected chi connectivity index (χ2v) is 5.08. The molecule has 0 spiro atoms. The minimum atomic E-state index is 0.401. The predicted octanol–water partition coefficient (Wildman–Crippen LogP) is 2.07. The summed E-state index contributed by atoms with van der Waals surface area (Å²) in [5.41, 5.74) is 1.17. The number of nitrogens with one attached hydrogen (secondary N) is 1. The first-order valence-corrected chi connectivity index (χ1v) is 6.59. The molecule has 1 N–H and O–H groups in total. The summed E-state index contributed by atoms with van der Waals surface area (Å²) >= 11 is 0. The topological polar surface area (TPSA) is 28.2 Å². The first kappa shape index (κ1) is 12.5. The molecule has 1 aliphatic heterocycles. The van der Waals surface area contributed by atoms with Crippen LogP contribution < -0.4 is 5.32 Å². The summed E-state index contributed by atoms with van der Waals surface area (Å²) in [5, 5.41) is 3.48. The van der Waals surface area contributed by atoms with Crippen molar-refractivity contribution in [2.45, 2.75) is 25.8 Å². The highest BCUT2D eigenvalue weighted by Crippen LogP contribution is 2.19. The van der Waals surface area contributed by atoms with E-state index in [1.54, 1.807) is 0 Å². The van der Waals surface area contributed by atoms with Gasteiger partial charge in [-0.25, -0.2) is 0 Å². The molecule has 3 heteroatoms. The molecule has 2 heterocycles. The largest absolute Gasteiger partial charge is 0.316 e. The Labute approximate surface area is 104 Å². The predicted molar refractivity (Wildman–Crippen MR) is 70.9 cm³/mol. The van der Waals surface area contributed by atoms with Gasteiger partial charge in [-0.2, -0.15) is 0 Å². The zero-order valence-corrected chi connectivity index (χ0v) is 10.9. The van der Waals surface area contributed by atoms with Crippen molar-refractivity contribution in [3.8, 4) is 0 Å². The van der Waals surface area contributed by atoms with Crippen molar-refractivity contribution < 1.29 is 0 Å². The number of nitrogens with zero attached hydrogens (tertiary/aromatic N) is 2. The van der Waals surface area contributed by atoms with Crippen LogP contribution in [-0.4, -0.2) is 36.6 Å². The van der Waals surface area contributed by atoms with E-state index in [-0.39, 0.29) is 0 Å². The van der Waals surface area contributed by atoms with Crippen molar-refractivity contribution >= 4 is 0 Å². The van der Waals surface area contributed by atoms with Crippen LogP contribution in [0.25, 0.3) is 0 Å². The maximum atomic E-state index is 4.44. The maximum Gasteiger partial charge on any atom is 0.0572 e. The molecule has 0 amide bonds. The molecule has 0 aliphatic carbocycles. The molecule has 2 atom stereocenters. The van der Waals surface area contributed by atoms with Crippen LogP contribution >= 0.6 is 0 Å². The van der Waals surface area contributed by atoms with E-state index in [4.69, 9.17) is 0 Å². The van der Waals surface area contributed by atoms with E-state index in [1.165, 1.54) is 31.6 Å². The minimum absolute atomic E-state index is 0.401. The van der Waals surface area contributed by atoms with Crippen LogP contribution in [-0.2, 0) is 0 Å². The molecule has 0 unspecified atom stereocenters. The van der Waals surface area contributed by atoms with Crippen molar-refractivity contribution in [3.63, 3.8) is 0 Å². The van der Waals surface area contributed by atoms with Gasteiger partial charge in [-0.05, 0) is 58.0 Å². The second-order valence-electron chi connectivity index (χ2n) is 5.08. The molecule has 1 aromatic rings. The number of rotatable bonds is 4. The quantitative estimate of drug-likeness (QED) is 0.863. The molecule has 3 nitrogen and oxygen atoms in total. The molecule has 0 aromatic carbocycles. The van der Waals surface area contributed by atoms with Crippen LogP contribution in [0.5, 0.6) is 0 Å². The van der Waals surface area contributed by atoms with Crippen molar-refractivity contribution in [3.05, 3.63) is 30.1 Å². The van der Waals surface area contributed by atoms with Gasteiger partial charge in [0.25, 0.3) is 0 Å². The highest BCUT2D eigenvalue weighted by molar-refractivity contribution is 5.07. The lowest BCUT2D eigenvalue weighted by atomic mass is 9.98. The van der Waals surface area contributed by atoms with E-state index in [0.717, 1.165) is 12.5 Å². The lowest BCUT2D eigenvalue weighted by Gasteiger charge is -2.31. The van der Waals surface area contributed by atoms with Crippen molar-refractivity contribution in [1.29, 1.82) is 0 Å². The zero-order valence-electron chi connectivity index (χ0n) is 10.9. The summed E-state index contributed by atoms with van der Waals surface area (Å²) < 4.78 is 0. The summed E-state index contributed by atoms with van der Waals surface area (Å²) in [6, 6.07) is 6.55. The third kappa shape index (κ3) is 3.51. The lowest BCUT2D eigenvalue weighted by molar-refractivity contribution is 0.196. The van der Waals surface area contributed by atoms with Gasteiger partial charge in [-0.1, -0.05) is 6.07 Å². The maximum absolute atomic E-state index is 4.44. The lowest BCUT2D eigenvalue weighted by Crippen LogP contribution is -2.37. The van der Waals surface area contributed by atoms with E-state index in [1.807, 2.05) is 12.3 Å². The molecule has 1 aromatic heterocycles. The van der Waals surface area contributed by atoms with E-state index >= 15 is 0 Å². The van der Waals surface area contributed by atoms with E-state index in [2.05, 4.69) is 41.3 Å². The highest BCUT2D eigenvalue weighted by Gasteiger charge is 2.19. The van der Waals surface area contributed by atoms with Gasteiger partial charge in [-0.3, -0.25) is 9.88 Å². The van der Waals surface area contributed by atoms with Crippen LogP contribution in [0.2, 0.25) is 0 Å². The fourth-order valence-corrected chi connectivity index (χ4v) is 2.49. The fourth-order valence-electron chi connectivity index (χ4n) is 2.49. The molecule has 1 aliphatic rings. The number of aromatic nitrogens is 1. The van der Waals surface area contributed by atoms with Gasteiger partial charge >= 0.3 is 0 Å². The third-order valence-electron chi connectivity index (χ3n) is 3.72. The monoisotopic (exact) mass is 233 g/mol. The molecule has 0 bridgehead atoms. The molecule has 2 rings (SSSR count). The molecular weight excluding hydrogens is 210 g/mol. The van der Waals surface area contributed by atoms with Gasteiger partial charge in [-0.15, -0.1) is 0 Å². The Hall–Kier alpha value is -0.930. The summed E-state index contributed by atoms with van der Waals surface area (Å²) in [5.74, 6) is 0.792. The Morgan fingerprint density at radius 1 is 1.53 bits per heavy atom. The summed E-state index contributed by atoms with van der Waals surface area (Å²) in [4.78, 5) is 6.85. The van der Waals surface area contributed by atoms with Crippen LogP contribution in [0.4, 0.5) is 0 Å². The van der Waals surface area contributed by atoms with Gasteiger partial charge in [0.2, 0.25) is 0 Å². The Balaban J connectivity index is 1.88. The Kier molecular flexibility index (Phi) is 4.51. The normalized spacial score (nSPS) is 22.6. The summed E-state index contributed by atoms with van der Waals surface area (Å²) in [6.45, 7) is 5.75. The molecule has 0 saturated carbocycles. The SMILES string of the molecule is C[C@@H](c1ccccn1)N(C)C[C@@H]1CCCNC1. The number of piperidine rings is 1. The van der Waals surface area contributed by atoms with Crippen molar-refractivity contribution in [2.75, 3.05) is 26.7 Å². The van der Waals surface area contributed by atoms with E-state index in [0.29, 0.717) is 6.04 Å². The van der Waals surface area contributed by atoms with Crippen molar-refractivity contribution in [1.82, 2.24) is 15.2 Å². The van der Waals surface area contributed by atoms with Crippen LogP contribution in [0.3, 0.4) is 0 Å². The molecule has 17 heavy (non-hydrogen) atoms. The average Bonchev–Trinajstić information content (AvgIpc) is 2.40. The molecule has 0 radical (unpaired) electrons. The van der Waals surface area contributed by atoms with Crippen LogP contribution in [0.15, 0.2) is 24.4 Å². The Bertz CT molecular complexity index is 319. The third-order valence-corrected chi connectivity index (χ3v) is 3.72. The zero-order chi connectivity index (χ0) is 12.1. The van der Waals surface area contributed by atoms with Crippen LogP contribution in [0.1, 0.15) is 31.5 Å². The Morgan fingerprint density at radius 3 is 3.06 bits per heavy atom. The van der Waals surface area contributed by atoms with Gasteiger partial charge in [0.05, 0.1) is 5.69 Å². The fraction of sp³-hybridized carbons (Fsp3) is 0.643. The van der Waals surface area contributed by atoms with Crippen LogP contribution in [0, 0.1) is 5.92 Å². The first-order valence-electron chi connectivity index (χ1n) is 6.59. The first-order chi connectivity index (χ1) is 8.27. The van der Waals surface area contributed by atoms with Gasteiger partial charge < -0.3 is 5.32 Å². The Morgan fingerprint density at radius 2 is 2.41 bits per heavy atom. The number of pyridine rings is 1. The summed E-state index contributed by atoms with van der Waals surface area (Å²) in [6.07, 6.45) is 4.55. The van der Waals surface area contributed by atoms with E-state index in [9.17, 15) is 0 Å². The number of hydrogen-bond acceptors (Lipinski definition) is 3. The van der Waals surface area contributed by atoms with Crippen molar-refractivity contribution in [2.24, 2.45) is 5.92 Å². The highest BCUT2D eigenvalue weighted by atomic mass is 15.1. The van der Waals surface area contributed by atoms with Gasteiger partial charge in [0.1, 0.15) is 0 Å². The molecule has 1 fully saturated rings. The molecular formula is C14H23N3. The second kappa shape index (κ2) is 6.12. The molecule has 1 saturated heterocycles. The molecule has 94 valence electrons. The number of hydrogen-bond donors (Lipinski definition) is 1. The van der Waals surface area contributed by atoms with Gasteiger partial charge in [0.15, 0.2) is 0 Å². The average molecular weight is 233 g/mol. The van der Waals surface area contributed by atoms with Gasteiger partial charge in [0, 0.05) is 18.8 Å². The minimum Gasteiger partial charge on any atom is -0.316 e. The smallest absolute Gasteiger partial charge is 0.0572 e.